The molecule has 2 heterocycles. The molecular weight excluding hydrogens is 228 g/mol. The molecule has 2 unspecified atom stereocenters. The SMILES string of the molecule is CC(N)C1CCCCN1c1ccc(C(N)=O)cn1. The summed E-state index contributed by atoms with van der Waals surface area (Å²) in [6, 6.07) is 4.01. The van der Waals surface area contributed by atoms with E-state index >= 15 is 0 Å². The maximum atomic E-state index is 11.0. The number of carbonyl (C=O) groups excluding carboxylic acids is 1. The van der Waals surface area contributed by atoms with Gasteiger partial charge in [-0.3, -0.25) is 4.79 Å². The second kappa shape index (κ2) is 5.35. The van der Waals surface area contributed by atoms with E-state index in [0.29, 0.717) is 11.6 Å². The minimum Gasteiger partial charge on any atom is -0.366 e. The van der Waals surface area contributed by atoms with Crippen LogP contribution in [0.2, 0.25) is 0 Å². The Morgan fingerprint density at radius 2 is 2.28 bits per heavy atom. The number of nitrogens with zero attached hydrogens (tertiary/aromatic N) is 2. The van der Waals surface area contributed by atoms with Crippen LogP contribution in [0.3, 0.4) is 0 Å². The molecule has 18 heavy (non-hydrogen) atoms. The topological polar surface area (TPSA) is 85.2 Å². The van der Waals surface area contributed by atoms with Crippen molar-refractivity contribution in [3.8, 4) is 0 Å². The number of primary amides is 1. The third-order valence-electron chi connectivity index (χ3n) is 3.48. The Morgan fingerprint density at radius 1 is 1.50 bits per heavy atom. The Bertz CT molecular complexity index is 416. The first-order valence-corrected chi connectivity index (χ1v) is 6.37. The van der Waals surface area contributed by atoms with E-state index in [1.54, 1.807) is 6.07 Å². The number of amides is 1. The van der Waals surface area contributed by atoms with Gasteiger partial charge in [-0.1, -0.05) is 0 Å². The lowest BCUT2D eigenvalue weighted by atomic mass is 9.97. The van der Waals surface area contributed by atoms with Gasteiger partial charge in [0.25, 0.3) is 0 Å². The lowest BCUT2D eigenvalue weighted by molar-refractivity contribution is 0.1000. The summed E-state index contributed by atoms with van der Waals surface area (Å²) in [5.41, 5.74) is 11.7. The maximum absolute atomic E-state index is 11.0. The van der Waals surface area contributed by atoms with E-state index in [2.05, 4.69) is 9.88 Å². The third kappa shape index (κ3) is 2.61. The van der Waals surface area contributed by atoms with E-state index in [4.69, 9.17) is 11.5 Å². The van der Waals surface area contributed by atoms with Crippen LogP contribution in [0.1, 0.15) is 36.5 Å². The molecule has 0 aromatic carbocycles. The highest BCUT2D eigenvalue weighted by Gasteiger charge is 2.26. The fraction of sp³-hybridized carbons (Fsp3) is 0.538. The molecule has 1 saturated heterocycles. The normalized spacial score (nSPS) is 21.7. The lowest BCUT2D eigenvalue weighted by Gasteiger charge is -2.38. The van der Waals surface area contributed by atoms with Crippen molar-refractivity contribution in [3.63, 3.8) is 0 Å². The van der Waals surface area contributed by atoms with Crippen molar-refractivity contribution in [2.75, 3.05) is 11.4 Å². The molecular formula is C13H20N4O. The molecule has 5 heteroatoms. The quantitative estimate of drug-likeness (QED) is 0.831. The summed E-state index contributed by atoms with van der Waals surface area (Å²) >= 11 is 0. The Hall–Kier alpha value is -1.62. The molecule has 1 aliphatic heterocycles. The minimum absolute atomic E-state index is 0.114. The fourth-order valence-corrected chi connectivity index (χ4v) is 2.49. The van der Waals surface area contributed by atoms with Gasteiger partial charge >= 0.3 is 0 Å². The largest absolute Gasteiger partial charge is 0.366 e. The summed E-state index contributed by atoms with van der Waals surface area (Å²) in [6.07, 6.45) is 4.99. The van der Waals surface area contributed by atoms with Crippen LogP contribution in [-0.4, -0.2) is 29.5 Å². The molecule has 1 aromatic heterocycles. The molecule has 1 aromatic rings. The molecule has 0 radical (unpaired) electrons. The highest BCUT2D eigenvalue weighted by molar-refractivity contribution is 5.92. The number of anilines is 1. The highest BCUT2D eigenvalue weighted by atomic mass is 16.1. The van der Waals surface area contributed by atoms with Crippen molar-refractivity contribution in [1.29, 1.82) is 0 Å². The van der Waals surface area contributed by atoms with E-state index in [-0.39, 0.29) is 6.04 Å². The maximum Gasteiger partial charge on any atom is 0.250 e. The van der Waals surface area contributed by atoms with E-state index in [1.807, 2.05) is 13.0 Å². The Labute approximate surface area is 107 Å². The molecule has 0 spiro atoms. The number of rotatable bonds is 3. The van der Waals surface area contributed by atoms with Crippen LogP contribution in [0, 0.1) is 0 Å². The number of piperidine rings is 1. The number of hydrogen-bond acceptors (Lipinski definition) is 4. The second-order valence-electron chi connectivity index (χ2n) is 4.88. The van der Waals surface area contributed by atoms with Crippen LogP contribution < -0.4 is 16.4 Å². The van der Waals surface area contributed by atoms with Crippen LogP contribution in [0.5, 0.6) is 0 Å². The molecule has 1 amide bonds. The van der Waals surface area contributed by atoms with Gasteiger partial charge < -0.3 is 16.4 Å². The van der Waals surface area contributed by atoms with Gasteiger partial charge in [-0.25, -0.2) is 4.98 Å². The summed E-state index contributed by atoms with van der Waals surface area (Å²) in [5, 5.41) is 0. The highest BCUT2D eigenvalue weighted by Crippen LogP contribution is 2.24. The third-order valence-corrected chi connectivity index (χ3v) is 3.48. The predicted octanol–water partition coefficient (Wildman–Crippen LogP) is 0.887. The first-order chi connectivity index (χ1) is 8.59. The van der Waals surface area contributed by atoms with Crippen molar-refractivity contribution < 1.29 is 4.79 Å². The molecule has 1 aliphatic rings. The number of pyridine rings is 1. The first-order valence-electron chi connectivity index (χ1n) is 6.37. The Balaban J connectivity index is 2.20. The van der Waals surface area contributed by atoms with Crippen molar-refractivity contribution >= 4 is 11.7 Å². The van der Waals surface area contributed by atoms with Crippen molar-refractivity contribution in [1.82, 2.24) is 4.98 Å². The van der Waals surface area contributed by atoms with Crippen LogP contribution in [0.25, 0.3) is 0 Å². The monoisotopic (exact) mass is 248 g/mol. The van der Waals surface area contributed by atoms with E-state index in [0.717, 1.165) is 25.2 Å². The van der Waals surface area contributed by atoms with E-state index in [9.17, 15) is 4.79 Å². The zero-order valence-electron chi connectivity index (χ0n) is 10.7. The van der Waals surface area contributed by atoms with Gasteiger partial charge in [-0.05, 0) is 38.3 Å². The molecule has 0 bridgehead atoms. The molecule has 0 aliphatic carbocycles. The standard InChI is InChI=1S/C13H20N4O/c1-9(14)11-4-2-3-7-17(11)12-6-5-10(8-16-12)13(15)18/h5-6,8-9,11H,2-4,7,14H2,1H3,(H2,15,18). The van der Waals surface area contributed by atoms with Gasteiger partial charge in [-0.15, -0.1) is 0 Å². The summed E-state index contributed by atoms with van der Waals surface area (Å²) in [7, 11) is 0. The van der Waals surface area contributed by atoms with Gasteiger partial charge in [-0.2, -0.15) is 0 Å². The molecule has 0 saturated carbocycles. The lowest BCUT2D eigenvalue weighted by Crippen LogP contribution is -2.49. The molecule has 1 fully saturated rings. The summed E-state index contributed by atoms with van der Waals surface area (Å²) in [4.78, 5) is 17.6. The van der Waals surface area contributed by atoms with E-state index < -0.39 is 5.91 Å². The first kappa shape index (κ1) is 12.8. The van der Waals surface area contributed by atoms with Gasteiger partial charge in [0.15, 0.2) is 0 Å². The summed E-state index contributed by atoms with van der Waals surface area (Å²) in [6.45, 7) is 3.00. The Morgan fingerprint density at radius 3 is 2.83 bits per heavy atom. The second-order valence-corrected chi connectivity index (χ2v) is 4.88. The van der Waals surface area contributed by atoms with Crippen LogP contribution in [0.4, 0.5) is 5.82 Å². The molecule has 5 nitrogen and oxygen atoms in total. The smallest absolute Gasteiger partial charge is 0.250 e. The number of carbonyl (C=O) groups is 1. The van der Waals surface area contributed by atoms with Gasteiger partial charge in [0.2, 0.25) is 5.91 Å². The number of aromatic nitrogens is 1. The van der Waals surface area contributed by atoms with E-state index in [1.165, 1.54) is 12.6 Å². The minimum atomic E-state index is -0.448. The number of hydrogen-bond donors (Lipinski definition) is 2. The average molecular weight is 248 g/mol. The van der Waals surface area contributed by atoms with Crippen molar-refractivity contribution in [2.24, 2.45) is 11.5 Å². The molecule has 2 atom stereocenters. The van der Waals surface area contributed by atoms with Crippen LogP contribution >= 0.6 is 0 Å². The molecule has 2 rings (SSSR count). The van der Waals surface area contributed by atoms with Crippen molar-refractivity contribution in [2.45, 2.75) is 38.3 Å². The summed E-state index contributed by atoms with van der Waals surface area (Å²) < 4.78 is 0. The van der Waals surface area contributed by atoms with Gasteiger partial charge in [0.1, 0.15) is 5.82 Å². The predicted molar refractivity (Wildman–Crippen MR) is 71.4 cm³/mol. The molecule has 98 valence electrons. The van der Waals surface area contributed by atoms with Gasteiger partial charge in [0.05, 0.1) is 5.56 Å². The fourth-order valence-electron chi connectivity index (χ4n) is 2.49. The zero-order chi connectivity index (χ0) is 13.1. The van der Waals surface area contributed by atoms with Gasteiger partial charge in [0, 0.05) is 24.8 Å². The average Bonchev–Trinajstić information content (AvgIpc) is 2.39. The summed E-state index contributed by atoms with van der Waals surface area (Å²) in [5.74, 6) is 0.429. The van der Waals surface area contributed by atoms with Crippen LogP contribution in [-0.2, 0) is 0 Å². The zero-order valence-corrected chi connectivity index (χ0v) is 10.7. The molecule has 4 N–H and O–H groups in total. The van der Waals surface area contributed by atoms with Crippen molar-refractivity contribution in [3.05, 3.63) is 23.9 Å². The van der Waals surface area contributed by atoms with Crippen LogP contribution in [0.15, 0.2) is 18.3 Å². The Kier molecular flexibility index (Phi) is 3.81. The number of nitrogens with two attached hydrogens (primary N) is 2.